The van der Waals surface area contributed by atoms with Crippen LogP contribution < -0.4 is 5.11 Å². The van der Waals surface area contributed by atoms with Gasteiger partial charge in [0, 0.05) is 0 Å². The molecule has 1 aromatic carbocycles. The largest absolute Gasteiger partial charge is 0.545 e. The van der Waals surface area contributed by atoms with Crippen LogP contribution in [0.3, 0.4) is 0 Å². The van der Waals surface area contributed by atoms with Crippen molar-refractivity contribution in [1.29, 1.82) is 0 Å². The Bertz CT molecular complexity index is 204. The summed E-state index contributed by atoms with van der Waals surface area (Å²) in [6, 6.07) is 8.06. The molecule has 0 saturated carbocycles. The number of rotatable bonds is 1. The van der Waals surface area contributed by atoms with Crippen LogP contribution in [0.5, 0.6) is 0 Å². The maximum atomic E-state index is 10.1. The number of hydrogen-bond donors (Lipinski definition) is 0. The molecule has 0 amide bonds. The first-order valence-electron chi connectivity index (χ1n) is 3.57. The van der Waals surface area contributed by atoms with Crippen LogP contribution in [0.15, 0.2) is 30.3 Å². The molecule has 0 unspecified atom stereocenters. The first kappa shape index (κ1) is 9.69. The second-order valence-corrected chi connectivity index (χ2v) is 1.65. The first-order valence-corrected chi connectivity index (χ1v) is 3.57. The molecule has 0 aromatic heterocycles. The Morgan fingerprint density at radius 2 is 1.64 bits per heavy atom. The van der Waals surface area contributed by atoms with Crippen LogP contribution in [-0.2, 0) is 0 Å². The third kappa shape index (κ3) is 3.40. The van der Waals surface area contributed by atoms with E-state index < -0.39 is 5.97 Å². The zero-order chi connectivity index (χ0) is 8.69. The van der Waals surface area contributed by atoms with E-state index in [-0.39, 0.29) is 5.56 Å². The Balaban J connectivity index is 0.000000461. The van der Waals surface area contributed by atoms with E-state index in [0.29, 0.717) is 0 Å². The third-order valence-electron chi connectivity index (χ3n) is 1.01. The molecule has 0 bridgehead atoms. The Labute approximate surface area is 66.5 Å². The van der Waals surface area contributed by atoms with Gasteiger partial charge in [0.15, 0.2) is 0 Å². The highest BCUT2D eigenvalue weighted by Crippen LogP contribution is 1.94. The van der Waals surface area contributed by atoms with E-state index >= 15 is 0 Å². The summed E-state index contributed by atoms with van der Waals surface area (Å²) in [6.45, 7) is 4.00. The molecule has 0 N–H and O–H groups in total. The maximum absolute atomic E-state index is 10.1. The van der Waals surface area contributed by atoms with Gasteiger partial charge < -0.3 is 9.90 Å². The molecule has 0 spiro atoms. The van der Waals surface area contributed by atoms with Gasteiger partial charge in [-0.05, 0) is 5.56 Å². The van der Waals surface area contributed by atoms with Crippen LogP contribution in [0.1, 0.15) is 24.2 Å². The number of hydrogen-bond acceptors (Lipinski definition) is 2. The summed E-state index contributed by atoms with van der Waals surface area (Å²) >= 11 is 0. The predicted octanol–water partition coefficient (Wildman–Crippen LogP) is 1.08. The van der Waals surface area contributed by atoms with E-state index in [1.165, 1.54) is 12.1 Å². The summed E-state index contributed by atoms with van der Waals surface area (Å²) in [5.41, 5.74) is 0.220. The van der Waals surface area contributed by atoms with E-state index in [1.54, 1.807) is 18.2 Å². The average Bonchev–Trinajstić information content (AvgIpc) is 2.10. The lowest BCUT2D eigenvalue weighted by molar-refractivity contribution is -0.255. The van der Waals surface area contributed by atoms with Crippen molar-refractivity contribution < 1.29 is 9.90 Å². The lowest BCUT2D eigenvalue weighted by Crippen LogP contribution is -2.21. The fraction of sp³-hybridized carbons (Fsp3) is 0.222. The number of carbonyl (C=O) groups is 1. The molecule has 0 aliphatic heterocycles. The summed E-state index contributed by atoms with van der Waals surface area (Å²) in [5.74, 6) is -1.13. The quantitative estimate of drug-likeness (QED) is 0.602. The van der Waals surface area contributed by atoms with Gasteiger partial charge >= 0.3 is 0 Å². The summed E-state index contributed by atoms with van der Waals surface area (Å²) in [5, 5.41) is 10.1. The zero-order valence-corrected chi connectivity index (χ0v) is 6.70. The normalized spacial score (nSPS) is 7.82. The van der Waals surface area contributed by atoms with Crippen LogP contribution in [0.25, 0.3) is 0 Å². The molecule has 0 aliphatic rings. The Morgan fingerprint density at radius 1 is 1.18 bits per heavy atom. The number of aromatic carboxylic acids is 1. The highest BCUT2D eigenvalue weighted by Gasteiger charge is 1.85. The van der Waals surface area contributed by atoms with Gasteiger partial charge in [0.1, 0.15) is 0 Å². The van der Waals surface area contributed by atoms with Crippen molar-refractivity contribution in [3.63, 3.8) is 0 Å². The minimum atomic E-state index is -1.13. The van der Waals surface area contributed by atoms with Gasteiger partial charge in [-0.2, -0.15) is 0 Å². The Hall–Kier alpha value is -1.31. The standard InChI is InChI=1S/C7H6O2.C2H6/c8-7(9)6-4-2-1-3-5-6;1-2/h1-5H,(H,8,9);1-2H3/p-1. The summed E-state index contributed by atoms with van der Waals surface area (Å²) in [6.07, 6.45) is 0. The Morgan fingerprint density at radius 3 is 1.91 bits per heavy atom. The van der Waals surface area contributed by atoms with Crippen molar-refractivity contribution >= 4 is 5.97 Å². The minimum Gasteiger partial charge on any atom is -0.545 e. The molecule has 0 saturated heterocycles. The van der Waals surface area contributed by atoms with Crippen LogP contribution >= 0.6 is 0 Å². The second-order valence-electron chi connectivity index (χ2n) is 1.65. The molecule has 2 heteroatoms. The van der Waals surface area contributed by atoms with Gasteiger partial charge in [0.2, 0.25) is 0 Å². The highest BCUT2D eigenvalue weighted by atomic mass is 16.4. The van der Waals surface area contributed by atoms with Gasteiger partial charge in [-0.1, -0.05) is 44.2 Å². The zero-order valence-electron chi connectivity index (χ0n) is 6.70. The summed E-state index contributed by atoms with van der Waals surface area (Å²) in [7, 11) is 0. The maximum Gasteiger partial charge on any atom is 0.0715 e. The van der Waals surface area contributed by atoms with Crippen molar-refractivity contribution in [2.24, 2.45) is 0 Å². The van der Waals surface area contributed by atoms with E-state index in [4.69, 9.17) is 0 Å². The average molecular weight is 151 g/mol. The van der Waals surface area contributed by atoms with Crippen molar-refractivity contribution in [1.82, 2.24) is 0 Å². The molecule has 1 rings (SSSR count). The first-order chi connectivity index (χ1) is 5.30. The van der Waals surface area contributed by atoms with Gasteiger partial charge in [0.05, 0.1) is 5.97 Å². The fourth-order valence-electron chi connectivity index (χ4n) is 0.574. The van der Waals surface area contributed by atoms with E-state index in [2.05, 4.69) is 0 Å². The monoisotopic (exact) mass is 151 g/mol. The van der Waals surface area contributed by atoms with Crippen molar-refractivity contribution in [2.45, 2.75) is 13.8 Å². The minimum absolute atomic E-state index is 0.220. The predicted molar refractivity (Wildman–Crippen MR) is 42.1 cm³/mol. The van der Waals surface area contributed by atoms with Crippen molar-refractivity contribution in [3.05, 3.63) is 35.9 Å². The smallest absolute Gasteiger partial charge is 0.0715 e. The lowest BCUT2D eigenvalue weighted by Gasteiger charge is -1.97. The number of carboxylic acid groups (broad SMARTS) is 1. The molecule has 2 nitrogen and oxygen atoms in total. The fourth-order valence-corrected chi connectivity index (χ4v) is 0.574. The van der Waals surface area contributed by atoms with Crippen LogP contribution in [0.2, 0.25) is 0 Å². The van der Waals surface area contributed by atoms with E-state index in [1.807, 2.05) is 13.8 Å². The highest BCUT2D eigenvalue weighted by molar-refractivity contribution is 5.85. The lowest BCUT2D eigenvalue weighted by atomic mass is 10.2. The molecular weight excluding hydrogens is 140 g/mol. The second kappa shape index (κ2) is 5.47. The topological polar surface area (TPSA) is 40.1 Å². The molecule has 0 heterocycles. The van der Waals surface area contributed by atoms with E-state index in [9.17, 15) is 9.90 Å². The molecule has 11 heavy (non-hydrogen) atoms. The summed E-state index contributed by atoms with van der Waals surface area (Å²) < 4.78 is 0. The molecule has 60 valence electrons. The van der Waals surface area contributed by atoms with Gasteiger partial charge in [-0.25, -0.2) is 0 Å². The molecule has 1 aromatic rings. The molecule has 0 aliphatic carbocycles. The Kier molecular flexibility index (Phi) is 4.82. The van der Waals surface area contributed by atoms with Gasteiger partial charge in [0.25, 0.3) is 0 Å². The van der Waals surface area contributed by atoms with Crippen molar-refractivity contribution in [3.8, 4) is 0 Å². The van der Waals surface area contributed by atoms with Crippen LogP contribution in [-0.4, -0.2) is 5.97 Å². The van der Waals surface area contributed by atoms with Crippen LogP contribution in [0, 0.1) is 0 Å². The van der Waals surface area contributed by atoms with E-state index in [0.717, 1.165) is 0 Å². The number of carbonyl (C=O) groups excluding carboxylic acids is 1. The third-order valence-corrected chi connectivity index (χ3v) is 1.01. The van der Waals surface area contributed by atoms with Gasteiger partial charge in [-0.15, -0.1) is 0 Å². The molecular formula is C9H11O2-. The summed E-state index contributed by atoms with van der Waals surface area (Å²) in [4.78, 5) is 10.1. The van der Waals surface area contributed by atoms with Gasteiger partial charge in [-0.3, -0.25) is 0 Å². The SMILES string of the molecule is CC.O=C([O-])c1ccccc1. The molecule has 0 atom stereocenters. The van der Waals surface area contributed by atoms with Crippen molar-refractivity contribution in [2.75, 3.05) is 0 Å². The molecule has 0 fully saturated rings. The molecule has 0 radical (unpaired) electrons. The number of benzene rings is 1. The number of carboxylic acids is 1. The van der Waals surface area contributed by atoms with Crippen LogP contribution in [0.4, 0.5) is 0 Å².